The fourth-order valence-corrected chi connectivity index (χ4v) is 4.81. The number of hydrogen-bond donors (Lipinski definition) is 2. The number of aryl methyl sites for hydroxylation is 2. The molecule has 0 aliphatic carbocycles. The average Bonchev–Trinajstić information content (AvgIpc) is 2.92. The monoisotopic (exact) mass is 539 g/mol. The van der Waals surface area contributed by atoms with Crippen LogP contribution >= 0.6 is 12.8 Å². The van der Waals surface area contributed by atoms with E-state index in [-0.39, 0.29) is 6.03 Å². The van der Waals surface area contributed by atoms with Crippen molar-refractivity contribution in [2.75, 3.05) is 64.8 Å². The summed E-state index contributed by atoms with van der Waals surface area (Å²) in [5.74, 6) is 2.53. The first-order valence-electron chi connectivity index (χ1n) is 12.8. The first kappa shape index (κ1) is 27.8. The van der Waals surface area contributed by atoms with Crippen LogP contribution in [0.25, 0.3) is 10.9 Å². The summed E-state index contributed by atoms with van der Waals surface area (Å²) >= 11 is 4.50. The molecule has 2 amide bonds. The first-order valence-corrected chi connectivity index (χ1v) is 13.2. The summed E-state index contributed by atoms with van der Waals surface area (Å²) < 4.78 is 18.6. The van der Waals surface area contributed by atoms with Crippen LogP contribution in [0.2, 0.25) is 0 Å². The van der Waals surface area contributed by atoms with E-state index in [1.807, 2.05) is 44.2 Å². The number of piperazine rings is 1. The Balaban J connectivity index is 1.42. The van der Waals surface area contributed by atoms with E-state index >= 15 is 0 Å². The molecule has 0 atom stereocenters. The molecule has 0 unspecified atom stereocenters. The summed E-state index contributed by atoms with van der Waals surface area (Å²) in [6.45, 7) is 9.80. The summed E-state index contributed by atoms with van der Waals surface area (Å²) in [6, 6.07) is 9.08. The van der Waals surface area contributed by atoms with Gasteiger partial charge in [0.1, 0.15) is 11.5 Å². The van der Waals surface area contributed by atoms with Crippen molar-refractivity contribution in [2.24, 2.45) is 0 Å². The minimum absolute atomic E-state index is 0.246. The first-order chi connectivity index (χ1) is 18.3. The standard InChI is InChI=1S/C28H37N5O4S/c1-19-16-25(37-24-7-9-29-22-18-27(36-5)26(35-4)17-21(22)24)20(2)15-23(19)33(38)28(34)30-8-6-10-32-13-11-31(3)12-14-32/h7,9,15-18,38H,6,8,10-14H2,1-5H3,(H,30,34). The van der Waals surface area contributed by atoms with Gasteiger partial charge in [-0.3, -0.25) is 4.98 Å². The maximum atomic E-state index is 12.8. The van der Waals surface area contributed by atoms with Crippen molar-refractivity contribution in [3.63, 3.8) is 0 Å². The second-order valence-corrected chi connectivity index (χ2v) is 9.98. The Morgan fingerprint density at radius 3 is 2.42 bits per heavy atom. The van der Waals surface area contributed by atoms with E-state index in [9.17, 15) is 4.79 Å². The SMILES string of the molecule is COc1cc2nccc(Oc3cc(C)c(N(S)C(=O)NCCCN4CCN(C)CC4)cc3C)c2cc1OC. The van der Waals surface area contributed by atoms with Crippen molar-refractivity contribution in [3.05, 3.63) is 47.7 Å². The maximum absolute atomic E-state index is 12.8. The van der Waals surface area contributed by atoms with Gasteiger partial charge in [-0.2, -0.15) is 0 Å². The van der Waals surface area contributed by atoms with Crippen LogP contribution in [0.5, 0.6) is 23.0 Å². The summed E-state index contributed by atoms with van der Waals surface area (Å²) in [7, 11) is 5.34. The minimum Gasteiger partial charge on any atom is -0.493 e. The third kappa shape index (κ3) is 6.43. The van der Waals surface area contributed by atoms with Gasteiger partial charge in [0.15, 0.2) is 11.5 Å². The minimum atomic E-state index is -0.246. The van der Waals surface area contributed by atoms with Gasteiger partial charge in [0.05, 0.1) is 25.4 Å². The number of benzene rings is 2. The highest BCUT2D eigenvalue weighted by Crippen LogP contribution is 2.38. The Hall–Kier alpha value is -3.21. The summed E-state index contributed by atoms with van der Waals surface area (Å²) in [6.07, 6.45) is 2.60. The Labute approximate surface area is 230 Å². The van der Waals surface area contributed by atoms with Gasteiger partial charge in [0.25, 0.3) is 0 Å². The molecule has 0 radical (unpaired) electrons. The van der Waals surface area contributed by atoms with Gasteiger partial charge in [0.2, 0.25) is 0 Å². The lowest BCUT2D eigenvalue weighted by Gasteiger charge is -2.32. The van der Waals surface area contributed by atoms with Gasteiger partial charge >= 0.3 is 6.03 Å². The number of pyridine rings is 1. The third-order valence-electron chi connectivity index (χ3n) is 6.86. The summed E-state index contributed by atoms with van der Waals surface area (Å²) in [5, 5.41) is 3.79. The van der Waals surface area contributed by atoms with E-state index in [4.69, 9.17) is 14.2 Å². The predicted molar refractivity (Wildman–Crippen MR) is 154 cm³/mol. The molecule has 1 aromatic heterocycles. The Morgan fingerprint density at radius 1 is 1.00 bits per heavy atom. The lowest BCUT2D eigenvalue weighted by atomic mass is 10.1. The smallest absolute Gasteiger partial charge is 0.331 e. The molecule has 1 fully saturated rings. The average molecular weight is 540 g/mol. The number of urea groups is 1. The number of amides is 2. The Kier molecular flexibility index (Phi) is 9.19. The maximum Gasteiger partial charge on any atom is 0.331 e. The number of nitrogens with one attached hydrogen (secondary N) is 1. The zero-order valence-electron chi connectivity index (χ0n) is 22.8. The number of nitrogens with zero attached hydrogens (tertiary/aromatic N) is 4. The highest BCUT2D eigenvalue weighted by atomic mass is 32.1. The molecule has 0 bridgehead atoms. The highest BCUT2D eigenvalue weighted by Gasteiger charge is 2.18. The normalized spacial score (nSPS) is 14.4. The molecule has 2 heterocycles. The van der Waals surface area contributed by atoms with E-state index in [0.29, 0.717) is 35.2 Å². The van der Waals surface area contributed by atoms with Crippen LogP contribution in [0.1, 0.15) is 17.5 Å². The number of aromatic nitrogens is 1. The van der Waals surface area contributed by atoms with Crippen molar-refractivity contribution in [3.8, 4) is 23.0 Å². The third-order valence-corrected chi connectivity index (χ3v) is 7.26. The quantitative estimate of drug-likeness (QED) is 0.303. The van der Waals surface area contributed by atoms with Crippen LogP contribution in [0.3, 0.4) is 0 Å². The van der Waals surface area contributed by atoms with Crippen LogP contribution in [-0.2, 0) is 0 Å². The number of fused-ring (bicyclic) bond motifs is 1. The molecule has 2 aromatic carbocycles. The van der Waals surface area contributed by atoms with Crippen molar-refractivity contribution < 1.29 is 19.0 Å². The second kappa shape index (κ2) is 12.6. The number of methoxy groups -OCH3 is 2. The van der Waals surface area contributed by atoms with Gasteiger partial charge in [0, 0.05) is 50.4 Å². The lowest BCUT2D eigenvalue weighted by Crippen LogP contribution is -2.45. The van der Waals surface area contributed by atoms with Gasteiger partial charge < -0.3 is 29.3 Å². The summed E-state index contributed by atoms with van der Waals surface area (Å²) in [4.78, 5) is 22.0. The molecular formula is C28H37N5O4S. The highest BCUT2D eigenvalue weighted by molar-refractivity contribution is 7.82. The molecule has 1 saturated heterocycles. The predicted octanol–water partition coefficient (Wildman–Crippen LogP) is 4.66. The molecule has 1 N–H and O–H groups in total. The molecule has 9 nitrogen and oxygen atoms in total. The number of hydrogen-bond acceptors (Lipinski definition) is 8. The topological polar surface area (TPSA) is 79.4 Å². The molecule has 204 valence electrons. The number of likely N-dealkylation sites (N-methyl/N-ethyl adjacent to an activating group) is 1. The fourth-order valence-electron chi connectivity index (χ4n) is 4.52. The van der Waals surface area contributed by atoms with Gasteiger partial charge in [-0.25, -0.2) is 9.10 Å². The molecule has 1 aliphatic heterocycles. The van der Waals surface area contributed by atoms with Crippen molar-refractivity contribution in [1.82, 2.24) is 20.1 Å². The molecule has 0 spiro atoms. The lowest BCUT2D eigenvalue weighted by molar-refractivity contribution is 0.153. The number of ether oxygens (including phenoxy) is 3. The Morgan fingerprint density at radius 2 is 1.71 bits per heavy atom. The molecule has 10 heteroatoms. The van der Waals surface area contributed by atoms with E-state index in [1.165, 1.54) is 4.31 Å². The number of carbonyl (C=O) groups is 1. The van der Waals surface area contributed by atoms with E-state index in [2.05, 4.69) is 40.0 Å². The van der Waals surface area contributed by atoms with Gasteiger partial charge in [-0.05, 0) is 69.3 Å². The van der Waals surface area contributed by atoms with E-state index in [1.54, 1.807) is 20.4 Å². The second-order valence-electron chi connectivity index (χ2n) is 9.58. The van der Waals surface area contributed by atoms with Crippen LogP contribution < -0.4 is 23.8 Å². The molecular weight excluding hydrogens is 502 g/mol. The van der Waals surface area contributed by atoms with Crippen LogP contribution in [0.15, 0.2) is 36.5 Å². The van der Waals surface area contributed by atoms with Crippen LogP contribution in [0, 0.1) is 13.8 Å². The fraction of sp³-hybridized carbons (Fsp3) is 0.429. The molecule has 3 aromatic rings. The zero-order valence-corrected chi connectivity index (χ0v) is 23.7. The van der Waals surface area contributed by atoms with E-state index in [0.717, 1.165) is 61.2 Å². The number of carbonyl (C=O) groups excluding carboxylic acids is 1. The molecule has 1 aliphatic rings. The molecule has 4 rings (SSSR count). The number of thiol groups is 1. The summed E-state index contributed by atoms with van der Waals surface area (Å²) in [5.41, 5.74) is 3.18. The largest absolute Gasteiger partial charge is 0.493 e. The van der Waals surface area contributed by atoms with E-state index < -0.39 is 0 Å². The molecule has 0 saturated carbocycles. The van der Waals surface area contributed by atoms with Crippen molar-refractivity contribution in [2.45, 2.75) is 20.3 Å². The van der Waals surface area contributed by atoms with Gasteiger partial charge in [-0.15, -0.1) is 0 Å². The van der Waals surface area contributed by atoms with Gasteiger partial charge in [-0.1, -0.05) is 12.8 Å². The van der Waals surface area contributed by atoms with Crippen molar-refractivity contribution >= 4 is 35.4 Å². The Bertz CT molecular complexity index is 1280. The number of rotatable bonds is 9. The van der Waals surface area contributed by atoms with Crippen LogP contribution in [-0.4, -0.2) is 81.4 Å². The number of anilines is 1. The van der Waals surface area contributed by atoms with Crippen molar-refractivity contribution in [1.29, 1.82) is 0 Å². The molecule has 38 heavy (non-hydrogen) atoms. The van der Waals surface area contributed by atoms with Crippen LogP contribution in [0.4, 0.5) is 10.5 Å². The zero-order chi connectivity index (χ0) is 27.2.